The number of hydrogen-bond donors (Lipinski definition) is 0. The highest BCUT2D eigenvalue weighted by atomic mass is 32.2. The molecule has 1 aliphatic rings. The van der Waals surface area contributed by atoms with Gasteiger partial charge in [-0.15, -0.1) is 0 Å². The van der Waals surface area contributed by atoms with Crippen LogP contribution >= 0.6 is 0 Å². The summed E-state index contributed by atoms with van der Waals surface area (Å²) in [5, 5.41) is 0. The fraction of sp³-hybridized carbons (Fsp3) is 0.538. The van der Waals surface area contributed by atoms with Crippen molar-refractivity contribution in [1.29, 1.82) is 0 Å². The topological polar surface area (TPSA) is 37.4 Å². The minimum absolute atomic E-state index is 0.395. The number of benzene rings is 1. The van der Waals surface area contributed by atoms with Crippen LogP contribution in [-0.4, -0.2) is 27.8 Å². The predicted octanol–water partition coefficient (Wildman–Crippen LogP) is 2.33. The monoisotopic (exact) mass is 253 g/mol. The van der Waals surface area contributed by atoms with E-state index in [4.69, 9.17) is 0 Å². The largest absolute Gasteiger partial charge is 0.371 e. The van der Waals surface area contributed by atoms with Gasteiger partial charge in [-0.1, -0.05) is 6.92 Å². The van der Waals surface area contributed by atoms with Crippen LogP contribution in [0, 0.1) is 5.92 Å². The van der Waals surface area contributed by atoms with E-state index in [0.717, 1.165) is 24.7 Å². The van der Waals surface area contributed by atoms with E-state index in [1.54, 1.807) is 12.1 Å². The molecule has 0 radical (unpaired) electrons. The summed E-state index contributed by atoms with van der Waals surface area (Å²) in [4.78, 5) is 2.73. The molecule has 0 aliphatic carbocycles. The van der Waals surface area contributed by atoms with Gasteiger partial charge in [0.1, 0.15) is 0 Å². The van der Waals surface area contributed by atoms with Crippen LogP contribution in [0.3, 0.4) is 0 Å². The summed E-state index contributed by atoms with van der Waals surface area (Å²) in [6.07, 6.45) is 3.75. The normalized spacial score (nSPS) is 21.5. The summed E-state index contributed by atoms with van der Waals surface area (Å²) in [6.45, 7) is 4.40. The zero-order chi connectivity index (χ0) is 12.5. The van der Waals surface area contributed by atoms with Gasteiger partial charge >= 0.3 is 0 Å². The summed E-state index contributed by atoms with van der Waals surface area (Å²) in [5.41, 5.74) is 1.13. The average molecular weight is 253 g/mol. The standard InChI is InChI=1S/C13H19NO2S/c1-11-4-3-9-14(10-11)12-5-7-13(8-6-12)17(2,15)16/h5-8,11H,3-4,9-10H2,1-2H3. The lowest BCUT2D eigenvalue weighted by Crippen LogP contribution is -2.34. The molecule has 0 spiro atoms. The van der Waals surface area contributed by atoms with Crippen molar-refractivity contribution in [3.05, 3.63) is 24.3 Å². The summed E-state index contributed by atoms with van der Waals surface area (Å²) in [6, 6.07) is 7.22. The molecule has 1 fully saturated rings. The van der Waals surface area contributed by atoms with Crippen molar-refractivity contribution in [3.8, 4) is 0 Å². The first kappa shape index (κ1) is 12.4. The minimum Gasteiger partial charge on any atom is -0.371 e. The van der Waals surface area contributed by atoms with E-state index in [1.165, 1.54) is 19.1 Å². The molecule has 94 valence electrons. The van der Waals surface area contributed by atoms with Crippen molar-refractivity contribution in [2.24, 2.45) is 5.92 Å². The number of sulfone groups is 1. The van der Waals surface area contributed by atoms with Crippen LogP contribution in [0.15, 0.2) is 29.2 Å². The third-order valence-corrected chi connectivity index (χ3v) is 4.42. The van der Waals surface area contributed by atoms with Gasteiger partial charge in [-0.3, -0.25) is 0 Å². The van der Waals surface area contributed by atoms with E-state index >= 15 is 0 Å². The molecule has 4 heteroatoms. The molecule has 1 aromatic carbocycles. The van der Waals surface area contributed by atoms with Crippen LogP contribution in [-0.2, 0) is 9.84 Å². The zero-order valence-electron chi connectivity index (χ0n) is 10.4. The number of anilines is 1. The Morgan fingerprint density at radius 2 is 1.88 bits per heavy atom. The fourth-order valence-electron chi connectivity index (χ4n) is 2.33. The molecule has 1 aliphatic heterocycles. The Balaban J connectivity index is 2.18. The lowest BCUT2D eigenvalue weighted by molar-refractivity contribution is 0.447. The molecule has 1 saturated heterocycles. The van der Waals surface area contributed by atoms with Crippen LogP contribution in [0.4, 0.5) is 5.69 Å². The maximum absolute atomic E-state index is 11.4. The molecule has 2 rings (SSSR count). The summed E-state index contributed by atoms with van der Waals surface area (Å²) in [7, 11) is -3.08. The van der Waals surface area contributed by atoms with Gasteiger partial charge in [0, 0.05) is 25.0 Å². The fourth-order valence-corrected chi connectivity index (χ4v) is 2.96. The average Bonchev–Trinajstić information content (AvgIpc) is 2.28. The molecule has 1 heterocycles. The Morgan fingerprint density at radius 3 is 2.41 bits per heavy atom. The molecule has 1 atom stereocenters. The SMILES string of the molecule is CC1CCCN(c2ccc(S(C)(=O)=O)cc2)C1. The lowest BCUT2D eigenvalue weighted by Gasteiger charge is -2.32. The Labute approximate surface area is 103 Å². The molecule has 1 unspecified atom stereocenters. The first-order chi connectivity index (χ1) is 7.97. The first-order valence-electron chi connectivity index (χ1n) is 6.02. The number of nitrogens with zero attached hydrogens (tertiary/aromatic N) is 1. The highest BCUT2D eigenvalue weighted by Gasteiger charge is 2.17. The summed E-state index contributed by atoms with van der Waals surface area (Å²) < 4.78 is 22.7. The molecule has 17 heavy (non-hydrogen) atoms. The third kappa shape index (κ3) is 3.00. The zero-order valence-corrected chi connectivity index (χ0v) is 11.2. The van der Waals surface area contributed by atoms with Crippen molar-refractivity contribution < 1.29 is 8.42 Å². The van der Waals surface area contributed by atoms with Gasteiger partial charge in [-0.05, 0) is 43.0 Å². The molecular formula is C13H19NO2S. The Bertz CT molecular complexity index is 479. The van der Waals surface area contributed by atoms with Crippen LogP contribution in [0.2, 0.25) is 0 Å². The van der Waals surface area contributed by atoms with Crippen molar-refractivity contribution in [2.75, 3.05) is 24.2 Å². The van der Waals surface area contributed by atoms with Crippen molar-refractivity contribution in [1.82, 2.24) is 0 Å². The third-order valence-electron chi connectivity index (χ3n) is 3.29. The van der Waals surface area contributed by atoms with E-state index in [0.29, 0.717) is 4.90 Å². The van der Waals surface area contributed by atoms with Gasteiger partial charge in [-0.2, -0.15) is 0 Å². The van der Waals surface area contributed by atoms with Crippen molar-refractivity contribution in [2.45, 2.75) is 24.7 Å². The second kappa shape index (κ2) is 4.69. The quantitative estimate of drug-likeness (QED) is 0.811. The molecule has 3 nitrogen and oxygen atoms in total. The second-order valence-electron chi connectivity index (χ2n) is 4.96. The van der Waals surface area contributed by atoms with Gasteiger partial charge in [0.25, 0.3) is 0 Å². The van der Waals surface area contributed by atoms with Gasteiger partial charge < -0.3 is 4.90 Å². The van der Waals surface area contributed by atoms with E-state index < -0.39 is 9.84 Å². The molecule has 0 aromatic heterocycles. The van der Waals surface area contributed by atoms with Gasteiger partial charge in [0.2, 0.25) is 0 Å². The van der Waals surface area contributed by atoms with E-state index in [-0.39, 0.29) is 0 Å². The van der Waals surface area contributed by atoms with E-state index in [2.05, 4.69) is 11.8 Å². The second-order valence-corrected chi connectivity index (χ2v) is 6.98. The highest BCUT2D eigenvalue weighted by molar-refractivity contribution is 7.90. The van der Waals surface area contributed by atoms with Crippen molar-refractivity contribution in [3.63, 3.8) is 0 Å². The van der Waals surface area contributed by atoms with Crippen LogP contribution in [0.5, 0.6) is 0 Å². The summed E-state index contributed by atoms with van der Waals surface area (Å²) in [5.74, 6) is 0.721. The van der Waals surface area contributed by atoms with Gasteiger partial charge in [0.15, 0.2) is 9.84 Å². The maximum Gasteiger partial charge on any atom is 0.175 e. The maximum atomic E-state index is 11.4. The van der Waals surface area contributed by atoms with Gasteiger partial charge in [-0.25, -0.2) is 8.42 Å². The molecule has 0 amide bonds. The number of rotatable bonds is 2. The van der Waals surface area contributed by atoms with E-state index in [9.17, 15) is 8.42 Å². The Morgan fingerprint density at radius 1 is 1.24 bits per heavy atom. The van der Waals surface area contributed by atoms with E-state index in [1.807, 2.05) is 12.1 Å². The van der Waals surface area contributed by atoms with Crippen LogP contribution in [0.1, 0.15) is 19.8 Å². The summed E-state index contributed by atoms with van der Waals surface area (Å²) >= 11 is 0. The van der Waals surface area contributed by atoms with Crippen molar-refractivity contribution >= 4 is 15.5 Å². The Kier molecular flexibility index (Phi) is 3.43. The molecule has 1 aromatic rings. The number of hydrogen-bond acceptors (Lipinski definition) is 3. The minimum atomic E-state index is -3.08. The van der Waals surface area contributed by atoms with Crippen LogP contribution < -0.4 is 4.90 Å². The number of piperidine rings is 1. The first-order valence-corrected chi connectivity index (χ1v) is 7.91. The smallest absolute Gasteiger partial charge is 0.175 e. The Hall–Kier alpha value is -1.03. The predicted molar refractivity (Wildman–Crippen MR) is 70.2 cm³/mol. The highest BCUT2D eigenvalue weighted by Crippen LogP contribution is 2.24. The molecule has 0 bridgehead atoms. The molecule has 0 N–H and O–H groups in total. The lowest BCUT2D eigenvalue weighted by atomic mass is 10.00. The molecule has 0 saturated carbocycles. The molecular weight excluding hydrogens is 234 g/mol. The van der Waals surface area contributed by atoms with Crippen LogP contribution in [0.25, 0.3) is 0 Å². The van der Waals surface area contributed by atoms with Gasteiger partial charge in [0.05, 0.1) is 4.90 Å².